The van der Waals surface area contributed by atoms with Crippen molar-refractivity contribution in [1.29, 1.82) is 0 Å². The predicted octanol–water partition coefficient (Wildman–Crippen LogP) is 2.07. The van der Waals surface area contributed by atoms with Crippen LogP contribution >= 0.6 is 0 Å². The van der Waals surface area contributed by atoms with Gasteiger partial charge in [0.2, 0.25) is 5.91 Å². The minimum Gasteiger partial charge on any atom is -0.400 e. The third-order valence-corrected chi connectivity index (χ3v) is 4.17. The molecular formula is C18H26N2O3. The maximum atomic E-state index is 12.6. The van der Waals surface area contributed by atoms with Crippen LogP contribution in [0.3, 0.4) is 0 Å². The first-order valence-electron chi connectivity index (χ1n) is 7.75. The summed E-state index contributed by atoms with van der Waals surface area (Å²) in [7, 11) is 1.00. The number of carbonyl (C=O) groups excluding carboxylic acids is 2. The third-order valence-electron chi connectivity index (χ3n) is 4.17. The molecule has 0 saturated carbocycles. The molecule has 1 atom stereocenters. The van der Waals surface area contributed by atoms with Crippen molar-refractivity contribution in [2.24, 2.45) is 0 Å². The van der Waals surface area contributed by atoms with Crippen molar-refractivity contribution in [3.63, 3.8) is 0 Å². The molecule has 0 radical (unpaired) electrons. The molecule has 0 aromatic rings. The van der Waals surface area contributed by atoms with E-state index < -0.39 is 6.04 Å². The Morgan fingerprint density at radius 2 is 2.09 bits per heavy atom. The molecule has 5 heteroatoms. The van der Waals surface area contributed by atoms with Gasteiger partial charge in [0.05, 0.1) is 0 Å². The number of amides is 2. The van der Waals surface area contributed by atoms with Crippen molar-refractivity contribution < 1.29 is 14.7 Å². The molecule has 2 aliphatic rings. The SMILES string of the molecule is C=C/C=C1/C(=O)N(C2CCC(=C)NC2=O)C/C1=C(/C)CC.CO. The van der Waals surface area contributed by atoms with Crippen LogP contribution in [0.1, 0.15) is 33.1 Å². The number of hydrogen-bond acceptors (Lipinski definition) is 3. The number of allylic oxidation sites excluding steroid dienone is 4. The van der Waals surface area contributed by atoms with E-state index in [0.717, 1.165) is 24.8 Å². The van der Waals surface area contributed by atoms with Crippen LogP contribution in [0.15, 0.2) is 47.7 Å². The topological polar surface area (TPSA) is 69.6 Å². The Morgan fingerprint density at radius 1 is 1.43 bits per heavy atom. The van der Waals surface area contributed by atoms with Crippen molar-refractivity contribution in [2.75, 3.05) is 13.7 Å². The second-order valence-electron chi connectivity index (χ2n) is 5.51. The van der Waals surface area contributed by atoms with Crippen LogP contribution in [0.25, 0.3) is 0 Å². The van der Waals surface area contributed by atoms with Crippen LogP contribution in [-0.4, -0.2) is 41.5 Å². The predicted molar refractivity (Wildman–Crippen MR) is 91.4 cm³/mol. The second-order valence-corrected chi connectivity index (χ2v) is 5.51. The highest BCUT2D eigenvalue weighted by molar-refractivity contribution is 6.04. The molecule has 0 aromatic carbocycles. The zero-order chi connectivity index (χ0) is 17.6. The molecule has 0 aliphatic carbocycles. The molecule has 2 saturated heterocycles. The van der Waals surface area contributed by atoms with Crippen LogP contribution in [0.2, 0.25) is 0 Å². The number of carbonyl (C=O) groups is 2. The van der Waals surface area contributed by atoms with Gasteiger partial charge in [-0.2, -0.15) is 0 Å². The number of piperidine rings is 1. The fourth-order valence-corrected chi connectivity index (χ4v) is 2.79. The van der Waals surface area contributed by atoms with Crippen molar-refractivity contribution in [2.45, 2.75) is 39.2 Å². The first kappa shape index (κ1) is 18.9. The van der Waals surface area contributed by atoms with Gasteiger partial charge in [-0.05, 0) is 37.8 Å². The summed E-state index contributed by atoms with van der Waals surface area (Å²) in [5.41, 5.74) is 3.60. The lowest BCUT2D eigenvalue weighted by atomic mass is 10.0. The molecule has 2 amide bonds. The normalized spacial score (nSPS) is 25.0. The first-order chi connectivity index (χ1) is 11.0. The molecule has 1 unspecified atom stereocenters. The lowest BCUT2D eigenvalue weighted by Crippen LogP contribution is -2.50. The zero-order valence-electron chi connectivity index (χ0n) is 14.2. The van der Waals surface area contributed by atoms with Gasteiger partial charge in [0.1, 0.15) is 6.04 Å². The van der Waals surface area contributed by atoms with Gasteiger partial charge in [0, 0.05) is 24.9 Å². The van der Waals surface area contributed by atoms with Gasteiger partial charge < -0.3 is 15.3 Å². The average Bonchev–Trinajstić information content (AvgIpc) is 2.86. The third kappa shape index (κ3) is 3.99. The van der Waals surface area contributed by atoms with Crippen LogP contribution in [0.4, 0.5) is 0 Å². The van der Waals surface area contributed by atoms with Crippen LogP contribution in [0.5, 0.6) is 0 Å². The quantitative estimate of drug-likeness (QED) is 0.783. The van der Waals surface area contributed by atoms with Crippen molar-refractivity contribution in [1.82, 2.24) is 10.2 Å². The van der Waals surface area contributed by atoms with Crippen LogP contribution in [-0.2, 0) is 9.59 Å². The molecule has 2 N–H and O–H groups in total. The zero-order valence-corrected chi connectivity index (χ0v) is 14.2. The Labute approximate surface area is 138 Å². The van der Waals surface area contributed by atoms with Gasteiger partial charge >= 0.3 is 0 Å². The Hall–Kier alpha value is -2.14. The van der Waals surface area contributed by atoms with Gasteiger partial charge in [-0.25, -0.2) is 0 Å². The van der Waals surface area contributed by atoms with E-state index in [4.69, 9.17) is 5.11 Å². The molecule has 0 bridgehead atoms. The van der Waals surface area contributed by atoms with E-state index in [2.05, 4.69) is 25.4 Å². The van der Waals surface area contributed by atoms with E-state index in [1.165, 1.54) is 5.57 Å². The maximum Gasteiger partial charge on any atom is 0.255 e. The fraction of sp³-hybridized carbons (Fsp3) is 0.444. The summed E-state index contributed by atoms with van der Waals surface area (Å²) in [5, 5.41) is 9.75. The van der Waals surface area contributed by atoms with Crippen molar-refractivity contribution in [3.05, 3.63) is 47.7 Å². The van der Waals surface area contributed by atoms with E-state index in [9.17, 15) is 9.59 Å². The Balaban J connectivity index is 0.00000127. The van der Waals surface area contributed by atoms with Crippen molar-refractivity contribution in [3.8, 4) is 0 Å². The highest BCUT2D eigenvalue weighted by Crippen LogP contribution is 2.31. The molecule has 126 valence electrons. The van der Waals surface area contributed by atoms with Gasteiger partial charge in [0.25, 0.3) is 5.91 Å². The monoisotopic (exact) mass is 318 g/mol. The van der Waals surface area contributed by atoms with Crippen LogP contribution < -0.4 is 5.32 Å². The standard InChI is InChI=1S/C17H22N2O2.CH4O/c1-5-7-13-14(11(3)6-2)10-19(17(13)21)15-9-8-12(4)18-16(15)20;1-2/h5,7,15H,1,4,6,8-10H2,2-3H3,(H,18,20);2H,1H3/b13-7+,14-11+;. The number of nitrogens with one attached hydrogen (secondary N) is 1. The smallest absolute Gasteiger partial charge is 0.255 e. The van der Waals surface area contributed by atoms with Crippen molar-refractivity contribution >= 4 is 11.8 Å². The molecule has 5 nitrogen and oxygen atoms in total. The molecule has 23 heavy (non-hydrogen) atoms. The maximum absolute atomic E-state index is 12.6. The molecule has 2 aliphatic heterocycles. The van der Waals surface area contributed by atoms with Crippen LogP contribution in [0, 0.1) is 0 Å². The average molecular weight is 318 g/mol. The highest BCUT2D eigenvalue weighted by Gasteiger charge is 2.39. The van der Waals surface area contributed by atoms with E-state index in [1.807, 2.05) is 6.92 Å². The van der Waals surface area contributed by atoms with E-state index in [-0.39, 0.29) is 11.8 Å². The number of nitrogens with zero attached hydrogens (tertiary/aromatic N) is 1. The Morgan fingerprint density at radius 3 is 2.61 bits per heavy atom. The second kappa shape index (κ2) is 8.48. The summed E-state index contributed by atoms with van der Waals surface area (Å²) in [5.74, 6) is -0.210. The molecule has 0 aromatic heterocycles. The Kier molecular flexibility index (Phi) is 6.97. The largest absolute Gasteiger partial charge is 0.400 e. The summed E-state index contributed by atoms with van der Waals surface area (Å²) in [6, 6.07) is -0.404. The molecule has 0 spiro atoms. The van der Waals surface area contributed by atoms with Gasteiger partial charge in [0.15, 0.2) is 0 Å². The van der Waals surface area contributed by atoms with Gasteiger partial charge in [-0.15, -0.1) is 0 Å². The minimum atomic E-state index is -0.404. The van der Waals surface area contributed by atoms with E-state index >= 15 is 0 Å². The molecule has 2 heterocycles. The summed E-state index contributed by atoms with van der Waals surface area (Å²) >= 11 is 0. The van der Waals surface area contributed by atoms with Gasteiger partial charge in [-0.1, -0.05) is 31.7 Å². The molecule has 2 rings (SSSR count). The minimum absolute atomic E-state index is 0.0784. The number of aliphatic hydroxyl groups is 1. The fourth-order valence-electron chi connectivity index (χ4n) is 2.79. The molecule has 2 fully saturated rings. The summed E-state index contributed by atoms with van der Waals surface area (Å²) in [6.07, 6.45) is 5.61. The summed E-state index contributed by atoms with van der Waals surface area (Å²) in [6.45, 7) is 12.1. The number of aliphatic hydroxyl groups excluding tert-OH is 1. The summed E-state index contributed by atoms with van der Waals surface area (Å²) < 4.78 is 0. The van der Waals surface area contributed by atoms with E-state index in [0.29, 0.717) is 25.0 Å². The highest BCUT2D eigenvalue weighted by atomic mass is 16.2. The molecular weight excluding hydrogens is 292 g/mol. The first-order valence-corrected chi connectivity index (χ1v) is 7.75. The Bertz CT molecular complexity index is 573. The number of likely N-dealkylation sites (tertiary alicyclic amines) is 1. The lowest BCUT2D eigenvalue weighted by molar-refractivity contribution is -0.136. The number of rotatable bonds is 3. The van der Waals surface area contributed by atoms with Gasteiger partial charge in [-0.3, -0.25) is 9.59 Å². The van der Waals surface area contributed by atoms with E-state index in [1.54, 1.807) is 17.1 Å². The summed E-state index contributed by atoms with van der Waals surface area (Å²) in [4.78, 5) is 26.4. The number of hydrogen-bond donors (Lipinski definition) is 2. The lowest BCUT2D eigenvalue weighted by Gasteiger charge is -2.30.